The van der Waals surface area contributed by atoms with Crippen molar-refractivity contribution < 1.29 is 14.4 Å². The minimum atomic E-state index is -0.605. The molecular weight excluding hydrogens is 353 g/mol. The highest BCUT2D eigenvalue weighted by Crippen LogP contribution is 2.20. The van der Waals surface area contributed by atoms with E-state index >= 15 is 0 Å². The molecule has 0 bridgehead atoms. The Labute approximate surface area is 152 Å². The molecule has 0 aromatic carbocycles. The average molecular weight is 376 g/mol. The minimum absolute atomic E-state index is 0.139. The number of amides is 1. The predicted octanol–water partition coefficient (Wildman–Crippen LogP) is 4.43. The van der Waals surface area contributed by atoms with Gasteiger partial charge >= 0.3 is 6.09 Å². The van der Waals surface area contributed by atoms with Crippen molar-refractivity contribution in [3.8, 4) is 0 Å². The molecule has 0 fully saturated rings. The number of aromatic nitrogens is 1. The smallest absolute Gasteiger partial charge is 0.408 e. The molecular formula is C16H23Cl2N3O3. The number of nitrogens with one attached hydrogen (secondary N) is 1. The fourth-order valence-electron chi connectivity index (χ4n) is 1.65. The van der Waals surface area contributed by atoms with E-state index in [9.17, 15) is 4.79 Å². The standard InChI is InChI=1S/C16H23Cl2N3O3/c1-9(2)24-21-13(14-12(18)7-11(17)8-19-14)10(3)20-15(22)23-16(4,5)6/h7-10H,1-6H3,(H,20,22)/t10-/m0/s1. The lowest BCUT2D eigenvalue weighted by molar-refractivity contribution is 0.0518. The van der Waals surface area contributed by atoms with Gasteiger partial charge in [0.2, 0.25) is 0 Å². The summed E-state index contributed by atoms with van der Waals surface area (Å²) in [6.45, 7) is 10.8. The van der Waals surface area contributed by atoms with Crippen LogP contribution in [0.4, 0.5) is 4.79 Å². The van der Waals surface area contributed by atoms with Crippen LogP contribution in [0.25, 0.3) is 0 Å². The lowest BCUT2D eigenvalue weighted by atomic mass is 10.1. The number of carbonyl (C=O) groups is 1. The Morgan fingerprint density at radius 1 is 1.29 bits per heavy atom. The SMILES string of the molecule is CC(C)ON=C(c1ncc(Cl)cc1Cl)[C@H](C)NC(=O)OC(C)(C)C. The lowest BCUT2D eigenvalue weighted by Crippen LogP contribution is -2.42. The molecule has 1 N–H and O–H groups in total. The number of oxime groups is 1. The fraction of sp³-hybridized carbons (Fsp3) is 0.562. The van der Waals surface area contributed by atoms with Crippen LogP contribution in [-0.4, -0.2) is 34.5 Å². The Balaban J connectivity index is 3.05. The Kier molecular flexibility index (Phi) is 7.29. The molecule has 134 valence electrons. The predicted molar refractivity (Wildman–Crippen MR) is 95.8 cm³/mol. The van der Waals surface area contributed by atoms with Crippen molar-refractivity contribution in [3.63, 3.8) is 0 Å². The maximum atomic E-state index is 12.0. The van der Waals surface area contributed by atoms with E-state index in [1.165, 1.54) is 6.20 Å². The summed E-state index contributed by atoms with van der Waals surface area (Å²) >= 11 is 12.1. The monoisotopic (exact) mass is 375 g/mol. The first-order chi connectivity index (χ1) is 11.0. The molecule has 0 saturated carbocycles. The van der Waals surface area contributed by atoms with Gasteiger partial charge in [-0.05, 0) is 47.6 Å². The maximum Gasteiger partial charge on any atom is 0.408 e. The van der Waals surface area contributed by atoms with Crippen molar-refractivity contribution in [2.45, 2.75) is 59.3 Å². The van der Waals surface area contributed by atoms with Crippen LogP contribution in [0.5, 0.6) is 0 Å². The van der Waals surface area contributed by atoms with Gasteiger partial charge in [0.25, 0.3) is 0 Å². The van der Waals surface area contributed by atoms with Crippen molar-refractivity contribution in [2.75, 3.05) is 0 Å². The van der Waals surface area contributed by atoms with Crippen molar-refractivity contribution >= 4 is 35.0 Å². The third kappa shape index (κ3) is 6.93. The van der Waals surface area contributed by atoms with Gasteiger partial charge < -0.3 is 14.9 Å². The second kappa shape index (κ2) is 8.53. The Bertz CT molecular complexity index is 613. The first kappa shape index (κ1) is 20.5. The topological polar surface area (TPSA) is 72.8 Å². The Morgan fingerprint density at radius 3 is 2.42 bits per heavy atom. The zero-order valence-electron chi connectivity index (χ0n) is 14.7. The molecule has 1 amide bonds. The first-order valence-corrected chi connectivity index (χ1v) is 8.30. The molecule has 0 unspecified atom stereocenters. The third-order valence-corrected chi connectivity index (χ3v) is 3.05. The highest BCUT2D eigenvalue weighted by Gasteiger charge is 2.24. The molecule has 1 aromatic heterocycles. The van der Waals surface area contributed by atoms with E-state index < -0.39 is 17.7 Å². The van der Waals surface area contributed by atoms with E-state index in [2.05, 4.69) is 15.5 Å². The minimum Gasteiger partial charge on any atom is -0.444 e. The van der Waals surface area contributed by atoms with Gasteiger partial charge in [-0.15, -0.1) is 0 Å². The van der Waals surface area contributed by atoms with Crippen LogP contribution in [-0.2, 0) is 9.57 Å². The average Bonchev–Trinajstić information content (AvgIpc) is 2.38. The van der Waals surface area contributed by atoms with Crippen LogP contribution in [0.15, 0.2) is 17.4 Å². The highest BCUT2D eigenvalue weighted by atomic mass is 35.5. The van der Waals surface area contributed by atoms with E-state index in [1.807, 2.05) is 13.8 Å². The summed E-state index contributed by atoms with van der Waals surface area (Å²) in [5.74, 6) is 0. The second-order valence-electron chi connectivity index (χ2n) is 6.48. The number of pyridine rings is 1. The van der Waals surface area contributed by atoms with E-state index in [0.717, 1.165) is 0 Å². The van der Waals surface area contributed by atoms with Crippen molar-refractivity contribution in [1.82, 2.24) is 10.3 Å². The summed E-state index contributed by atoms with van der Waals surface area (Å²) in [6.07, 6.45) is 0.741. The van der Waals surface area contributed by atoms with Crippen LogP contribution in [0.1, 0.15) is 47.2 Å². The molecule has 1 atom stereocenters. The summed E-state index contributed by atoms with van der Waals surface area (Å²) in [4.78, 5) is 21.5. The van der Waals surface area contributed by atoms with Crippen molar-refractivity contribution in [3.05, 3.63) is 28.0 Å². The van der Waals surface area contributed by atoms with E-state index in [1.54, 1.807) is 33.8 Å². The fourth-order valence-corrected chi connectivity index (χ4v) is 2.12. The van der Waals surface area contributed by atoms with E-state index in [0.29, 0.717) is 21.5 Å². The summed E-state index contributed by atoms with van der Waals surface area (Å²) in [5, 5.41) is 7.50. The van der Waals surface area contributed by atoms with Crippen LogP contribution in [0, 0.1) is 0 Å². The molecule has 1 rings (SSSR count). The van der Waals surface area contributed by atoms with Gasteiger partial charge in [-0.25, -0.2) is 4.79 Å². The van der Waals surface area contributed by atoms with Gasteiger partial charge in [0.1, 0.15) is 23.1 Å². The first-order valence-electron chi connectivity index (χ1n) is 7.54. The zero-order valence-corrected chi connectivity index (χ0v) is 16.2. The molecule has 0 saturated heterocycles. The van der Waals surface area contributed by atoms with E-state index in [-0.39, 0.29) is 6.10 Å². The van der Waals surface area contributed by atoms with Gasteiger partial charge in [-0.2, -0.15) is 0 Å². The van der Waals surface area contributed by atoms with Gasteiger partial charge in [-0.1, -0.05) is 28.4 Å². The number of ether oxygens (including phenoxy) is 1. The van der Waals surface area contributed by atoms with Gasteiger partial charge in [0.15, 0.2) is 0 Å². The number of hydrogen-bond acceptors (Lipinski definition) is 5. The maximum absolute atomic E-state index is 12.0. The Hall–Kier alpha value is -1.53. The number of rotatable bonds is 5. The lowest BCUT2D eigenvalue weighted by Gasteiger charge is -2.22. The van der Waals surface area contributed by atoms with Crippen LogP contribution >= 0.6 is 23.2 Å². The molecule has 1 heterocycles. The quantitative estimate of drug-likeness (QED) is 0.610. The van der Waals surface area contributed by atoms with Gasteiger partial charge in [0, 0.05) is 6.20 Å². The summed E-state index contributed by atoms with van der Waals surface area (Å²) in [7, 11) is 0. The highest BCUT2D eigenvalue weighted by molar-refractivity contribution is 6.36. The molecule has 0 aliphatic heterocycles. The summed E-state index contributed by atoms with van der Waals surface area (Å²) < 4.78 is 5.25. The number of hydrogen-bond donors (Lipinski definition) is 1. The molecule has 0 radical (unpaired) electrons. The Morgan fingerprint density at radius 2 is 1.92 bits per heavy atom. The van der Waals surface area contributed by atoms with Crippen LogP contribution < -0.4 is 5.32 Å². The number of nitrogens with zero attached hydrogens (tertiary/aromatic N) is 2. The zero-order chi connectivity index (χ0) is 18.5. The molecule has 8 heteroatoms. The van der Waals surface area contributed by atoms with Crippen LogP contribution in [0.3, 0.4) is 0 Å². The molecule has 0 spiro atoms. The molecule has 0 aliphatic carbocycles. The number of halogens is 2. The molecule has 24 heavy (non-hydrogen) atoms. The van der Waals surface area contributed by atoms with Crippen LogP contribution in [0.2, 0.25) is 10.0 Å². The molecule has 1 aromatic rings. The molecule has 0 aliphatic rings. The normalized spacial score (nSPS) is 13.6. The van der Waals surface area contributed by atoms with Crippen molar-refractivity contribution in [2.24, 2.45) is 5.16 Å². The van der Waals surface area contributed by atoms with Crippen molar-refractivity contribution in [1.29, 1.82) is 0 Å². The van der Waals surface area contributed by atoms with Gasteiger partial charge in [-0.3, -0.25) is 4.98 Å². The van der Waals surface area contributed by atoms with Gasteiger partial charge in [0.05, 0.1) is 16.1 Å². The summed E-state index contributed by atoms with van der Waals surface area (Å²) in [6, 6.07) is 1.01. The molecule has 6 nitrogen and oxygen atoms in total. The largest absolute Gasteiger partial charge is 0.444 e. The third-order valence-electron chi connectivity index (χ3n) is 2.56. The number of alkyl carbamates (subject to hydrolysis) is 1. The number of carbonyl (C=O) groups excluding carboxylic acids is 1. The second-order valence-corrected chi connectivity index (χ2v) is 7.33. The van der Waals surface area contributed by atoms with E-state index in [4.69, 9.17) is 32.8 Å². The summed E-state index contributed by atoms with van der Waals surface area (Å²) in [5.41, 5.74) is 0.146.